The van der Waals surface area contributed by atoms with Gasteiger partial charge in [0.05, 0.1) is 17.2 Å². The summed E-state index contributed by atoms with van der Waals surface area (Å²) in [5.74, 6) is -4.19. The molecule has 0 bridgehead atoms. The quantitative estimate of drug-likeness (QED) is 0.492. The Balaban J connectivity index is 1.85. The van der Waals surface area contributed by atoms with Crippen LogP contribution in [0.3, 0.4) is 0 Å². The number of hydrogen-bond donors (Lipinski definition) is 3. The molecule has 35 heavy (non-hydrogen) atoms. The maximum atomic E-state index is 13.2. The maximum absolute atomic E-state index is 13.2. The molecule has 3 rings (SSSR count). The zero-order chi connectivity index (χ0) is 26.0. The Morgan fingerprint density at radius 3 is 2.09 bits per heavy atom. The van der Waals surface area contributed by atoms with Gasteiger partial charge in [0.15, 0.2) is 0 Å². The molecule has 0 aliphatic heterocycles. The topological polar surface area (TPSA) is 105 Å². The summed E-state index contributed by atoms with van der Waals surface area (Å²) in [4.78, 5) is 37.5. The van der Waals surface area contributed by atoms with Crippen LogP contribution in [-0.4, -0.2) is 40.9 Å². The molecule has 1 fully saturated rings. The number of halogens is 3. The maximum Gasteiger partial charge on any atom is 0.412 e. The van der Waals surface area contributed by atoms with E-state index in [2.05, 4.69) is 10.6 Å². The van der Waals surface area contributed by atoms with Gasteiger partial charge in [0.1, 0.15) is 11.6 Å². The number of ether oxygens (including phenoxy) is 1. The smallest absolute Gasteiger partial charge is 0.412 e. The number of carbonyl (C=O) groups excluding carboxylic acids is 2. The summed E-state index contributed by atoms with van der Waals surface area (Å²) >= 11 is 0. The van der Waals surface area contributed by atoms with Crippen LogP contribution in [0.15, 0.2) is 36.4 Å². The highest BCUT2D eigenvalue weighted by atomic mass is 19.4. The van der Waals surface area contributed by atoms with Gasteiger partial charge in [0.2, 0.25) is 0 Å². The third kappa shape index (κ3) is 6.86. The molecule has 1 unspecified atom stereocenters. The molecule has 3 N–H and O–H groups in total. The minimum Gasteiger partial charge on any atom is -0.480 e. The van der Waals surface area contributed by atoms with Crippen LogP contribution in [-0.2, 0) is 9.53 Å². The van der Waals surface area contributed by atoms with Crippen molar-refractivity contribution in [2.75, 3.05) is 5.32 Å². The van der Waals surface area contributed by atoms with E-state index < -0.39 is 47.6 Å². The number of carboxylic acid groups (broad SMARTS) is 1. The molecule has 1 atom stereocenters. The van der Waals surface area contributed by atoms with Crippen molar-refractivity contribution in [2.45, 2.75) is 64.3 Å². The van der Waals surface area contributed by atoms with Gasteiger partial charge >= 0.3 is 18.2 Å². The molecule has 190 valence electrons. The predicted octanol–water partition coefficient (Wildman–Crippen LogP) is 5.74. The number of hydrogen-bond acceptors (Lipinski definition) is 4. The monoisotopic (exact) mass is 494 g/mol. The highest BCUT2D eigenvalue weighted by Crippen LogP contribution is 2.40. The number of alkyl halides is 3. The predicted molar refractivity (Wildman–Crippen MR) is 124 cm³/mol. The van der Waals surface area contributed by atoms with Crippen LogP contribution in [0.5, 0.6) is 0 Å². The number of anilines is 1. The zero-order valence-electron chi connectivity index (χ0n) is 19.7. The molecule has 0 spiro atoms. The second kappa shape index (κ2) is 10.1. The lowest BCUT2D eigenvalue weighted by Crippen LogP contribution is -2.47. The highest BCUT2D eigenvalue weighted by Gasteiger charge is 2.43. The van der Waals surface area contributed by atoms with Crippen LogP contribution in [0.25, 0.3) is 10.8 Å². The number of carbonyl (C=O) groups is 3. The molecule has 0 saturated heterocycles. The van der Waals surface area contributed by atoms with E-state index in [1.54, 1.807) is 51.1 Å². The molecule has 1 saturated carbocycles. The summed E-state index contributed by atoms with van der Waals surface area (Å²) in [5, 5.41) is 16.2. The summed E-state index contributed by atoms with van der Waals surface area (Å²) < 4.78 is 44.3. The van der Waals surface area contributed by atoms with Crippen molar-refractivity contribution in [3.05, 3.63) is 42.0 Å². The van der Waals surface area contributed by atoms with Gasteiger partial charge in [-0.05, 0) is 75.3 Å². The summed E-state index contributed by atoms with van der Waals surface area (Å²) in [6, 6.07) is 8.85. The number of aliphatic carboxylic acids is 1. The SMILES string of the molecule is CC(C)(C)OC(=O)Nc1cc2ccccc2cc1C(=O)NC(C(=O)O)[C@H]1CC[C@@H](C(F)(F)F)CC1. The zero-order valence-corrected chi connectivity index (χ0v) is 19.7. The molecular formula is C25H29F3N2O5. The number of fused-ring (bicyclic) bond motifs is 1. The molecule has 0 heterocycles. The molecule has 0 aromatic heterocycles. The summed E-state index contributed by atoms with van der Waals surface area (Å²) in [6.07, 6.45) is -5.42. The summed E-state index contributed by atoms with van der Waals surface area (Å²) in [7, 11) is 0. The van der Waals surface area contributed by atoms with Gasteiger partial charge in [0, 0.05) is 0 Å². The molecule has 1 aliphatic rings. The van der Waals surface area contributed by atoms with Crippen LogP contribution in [0, 0.1) is 11.8 Å². The lowest BCUT2D eigenvalue weighted by molar-refractivity contribution is -0.184. The number of nitrogens with one attached hydrogen (secondary N) is 2. The molecule has 10 heteroatoms. The van der Waals surface area contributed by atoms with E-state index in [1.165, 1.54) is 6.07 Å². The lowest BCUT2D eigenvalue weighted by atomic mass is 9.78. The Morgan fingerprint density at radius 2 is 1.57 bits per heavy atom. The van der Waals surface area contributed by atoms with Gasteiger partial charge in [-0.1, -0.05) is 24.3 Å². The van der Waals surface area contributed by atoms with E-state index in [0.29, 0.717) is 5.39 Å². The fourth-order valence-electron chi connectivity index (χ4n) is 4.33. The molecule has 2 aromatic rings. The number of benzene rings is 2. The van der Waals surface area contributed by atoms with Gasteiger partial charge in [-0.2, -0.15) is 13.2 Å². The highest BCUT2D eigenvalue weighted by molar-refractivity contribution is 6.07. The van der Waals surface area contributed by atoms with Crippen molar-refractivity contribution < 1.29 is 37.4 Å². The first kappa shape index (κ1) is 26.3. The largest absolute Gasteiger partial charge is 0.480 e. The van der Waals surface area contributed by atoms with Crippen molar-refractivity contribution in [2.24, 2.45) is 11.8 Å². The molecule has 0 radical (unpaired) electrons. The summed E-state index contributed by atoms with van der Waals surface area (Å²) in [5.41, 5.74) is -0.641. The Bertz CT molecular complexity index is 1100. The first-order valence-corrected chi connectivity index (χ1v) is 11.4. The lowest BCUT2D eigenvalue weighted by Gasteiger charge is -2.33. The van der Waals surface area contributed by atoms with Crippen molar-refractivity contribution in [3.63, 3.8) is 0 Å². The standard InChI is InChI=1S/C25H29F3N2O5/c1-24(2,3)35-23(34)29-19-13-16-7-5-4-6-15(16)12-18(19)21(31)30-20(22(32)33)14-8-10-17(11-9-14)25(26,27)28/h4-7,12-14,17,20H,8-11H2,1-3H3,(H,29,34)(H,30,31)(H,32,33)/t14-,17+,20?. The fraction of sp³-hybridized carbons (Fsp3) is 0.480. The molecule has 2 amide bonds. The third-order valence-corrected chi connectivity index (χ3v) is 6.02. The van der Waals surface area contributed by atoms with Crippen molar-refractivity contribution >= 4 is 34.4 Å². The Hall–Kier alpha value is -3.30. The number of amides is 2. The van der Waals surface area contributed by atoms with Crippen LogP contribution in [0.4, 0.5) is 23.7 Å². The third-order valence-electron chi connectivity index (χ3n) is 6.02. The first-order chi connectivity index (χ1) is 16.2. The normalized spacial score (nSPS) is 19.6. The number of carboxylic acids is 1. The second-order valence-corrected chi connectivity index (χ2v) is 9.81. The van der Waals surface area contributed by atoms with Crippen molar-refractivity contribution in [3.8, 4) is 0 Å². The van der Waals surface area contributed by atoms with E-state index >= 15 is 0 Å². The van der Waals surface area contributed by atoms with Crippen LogP contribution < -0.4 is 10.6 Å². The summed E-state index contributed by atoms with van der Waals surface area (Å²) in [6.45, 7) is 5.06. The van der Waals surface area contributed by atoms with Gasteiger partial charge in [-0.25, -0.2) is 9.59 Å². The van der Waals surface area contributed by atoms with Gasteiger partial charge < -0.3 is 15.2 Å². The minimum atomic E-state index is -4.32. The Kier molecular flexibility index (Phi) is 7.62. The molecular weight excluding hydrogens is 465 g/mol. The first-order valence-electron chi connectivity index (χ1n) is 11.4. The van der Waals surface area contributed by atoms with Gasteiger partial charge in [-0.15, -0.1) is 0 Å². The number of rotatable bonds is 5. The van der Waals surface area contributed by atoms with E-state index in [-0.39, 0.29) is 36.9 Å². The second-order valence-electron chi connectivity index (χ2n) is 9.81. The van der Waals surface area contributed by atoms with Gasteiger partial charge in [-0.3, -0.25) is 10.1 Å². The van der Waals surface area contributed by atoms with Crippen LogP contribution in [0.2, 0.25) is 0 Å². The van der Waals surface area contributed by atoms with E-state index in [4.69, 9.17) is 4.74 Å². The van der Waals surface area contributed by atoms with E-state index in [0.717, 1.165) is 5.39 Å². The molecule has 1 aliphatic carbocycles. The Labute approximate surface area is 201 Å². The van der Waals surface area contributed by atoms with E-state index in [9.17, 15) is 32.7 Å². The van der Waals surface area contributed by atoms with Gasteiger partial charge in [0.25, 0.3) is 5.91 Å². The fourth-order valence-corrected chi connectivity index (χ4v) is 4.33. The van der Waals surface area contributed by atoms with Crippen LogP contribution in [0.1, 0.15) is 56.8 Å². The molecule has 7 nitrogen and oxygen atoms in total. The molecule has 2 aromatic carbocycles. The van der Waals surface area contributed by atoms with E-state index in [1.807, 2.05) is 0 Å². The van der Waals surface area contributed by atoms with Crippen LogP contribution >= 0.6 is 0 Å². The van der Waals surface area contributed by atoms with Crippen molar-refractivity contribution in [1.82, 2.24) is 5.32 Å². The van der Waals surface area contributed by atoms with Crippen molar-refractivity contribution in [1.29, 1.82) is 0 Å². The minimum absolute atomic E-state index is 0.0183. The average Bonchev–Trinajstić information content (AvgIpc) is 2.74. The Morgan fingerprint density at radius 1 is 1.00 bits per heavy atom. The average molecular weight is 495 g/mol.